The second kappa shape index (κ2) is 6.30. The molecule has 2 aromatic rings. The minimum atomic E-state index is -0.437. The third-order valence-electron chi connectivity index (χ3n) is 2.69. The fourth-order valence-electron chi connectivity index (χ4n) is 1.69. The van der Waals surface area contributed by atoms with E-state index >= 15 is 0 Å². The molecule has 2 rings (SSSR count). The van der Waals surface area contributed by atoms with E-state index in [1.54, 1.807) is 6.07 Å². The van der Waals surface area contributed by atoms with Crippen molar-refractivity contribution in [2.24, 2.45) is 0 Å². The number of halogens is 3. The summed E-state index contributed by atoms with van der Waals surface area (Å²) in [6, 6.07) is 6.30. The van der Waals surface area contributed by atoms with Crippen LogP contribution >= 0.6 is 50.5 Å². The maximum atomic E-state index is 10.7. The molecule has 0 spiro atoms. The Hall–Kier alpha value is -0.820. The first-order valence-corrected chi connectivity index (χ1v) is 7.90. The highest BCUT2D eigenvalue weighted by Crippen LogP contribution is 2.37. The normalized spacial score (nSPS) is 12.2. The van der Waals surface area contributed by atoms with Gasteiger partial charge in [-0.25, -0.2) is 0 Å². The SMILES string of the molecule is CC(Nc1ccc([N+](=O)[O-])cc1Br)c1cc(Cl)sc1Cl. The number of anilines is 1. The van der Waals surface area contributed by atoms with Crippen molar-refractivity contribution >= 4 is 61.8 Å². The van der Waals surface area contributed by atoms with Crippen LogP contribution in [0.15, 0.2) is 28.7 Å². The van der Waals surface area contributed by atoms with Crippen LogP contribution in [0, 0.1) is 10.1 Å². The number of benzene rings is 1. The van der Waals surface area contributed by atoms with Gasteiger partial charge in [0.05, 0.1) is 19.6 Å². The van der Waals surface area contributed by atoms with Crippen LogP contribution < -0.4 is 5.32 Å². The second-order valence-electron chi connectivity index (χ2n) is 4.07. The first-order chi connectivity index (χ1) is 9.38. The Morgan fingerprint density at radius 2 is 2.10 bits per heavy atom. The summed E-state index contributed by atoms with van der Waals surface area (Å²) in [7, 11) is 0. The van der Waals surface area contributed by atoms with Gasteiger partial charge in [0, 0.05) is 27.9 Å². The summed E-state index contributed by atoms with van der Waals surface area (Å²) in [5.74, 6) is 0. The van der Waals surface area contributed by atoms with Crippen LogP contribution in [-0.4, -0.2) is 4.92 Å². The van der Waals surface area contributed by atoms with Crippen molar-refractivity contribution < 1.29 is 4.92 Å². The van der Waals surface area contributed by atoms with Crippen LogP contribution in [0.3, 0.4) is 0 Å². The Kier molecular flexibility index (Phi) is 4.90. The van der Waals surface area contributed by atoms with E-state index in [2.05, 4.69) is 21.2 Å². The Morgan fingerprint density at radius 3 is 2.60 bits per heavy atom. The van der Waals surface area contributed by atoms with Crippen molar-refractivity contribution in [1.29, 1.82) is 0 Å². The van der Waals surface area contributed by atoms with Crippen LogP contribution in [0.5, 0.6) is 0 Å². The van der Waals surface area contributed by atoms with Crippen molar-refractivity contribution in [3.8, 4) is 0 Å². The number of thiophene rings is 1. The number of rotatable bonds is 4. The average Bonchev–Trinajstić information content (AvgIpc) is 2.70. The fourth-order valence-corrected chi connectivity index (χ4v) is 3.82. The molecular formula is C12H9BrCl2N2O2S. The van der Waals surface area contributed by atoms with E-state index in [0.29, 0.717) is 13.1 Å². The van der Waals surface area contributed by atoms with Gasteiger partial charge in [0.15, 0.2) is 0 Å². The number of nitrogens with one attached hydrogen (secondary N) is 1. The number of nitro benzene ring substituents is 1. The number of hydrogen-bond donors (Lipinski definition) is 1. The molecule has 0 saturated carbocycles. The largest absolute Gasteiger partial charge is 0.378 e. The van der Waals surface area contributed by atoms with E-state index in [1.807, 2.05) is 13.0 Å². The van der Waals surface area contributed by atoms with Crippen LogP contribution in [0.25, 0.3) is 0 Å². The molecule has 106 valence electrons. The Morgan fingerprint density at radius 1 is 1.40 bits per heavy atom. The molecule has 0 aliphatic heterocycles. The van der Waals surface area contributed by atoms with Gasteiger partial charge in [0.2, 0.25) is 0 Å². The Bertz CT molecular complexity index is 663. The number of non-ortho nitro benzene ring substituents is 1. The topological polar surface area (TPSA) is 55.2 Å². The average molecular weight is 396 g/mol. The van der Waals surface area contributed by atoms with Gasteiger partial charge in [0.1, 0.15) is 0 Å². The van der Waals surface area contributed by atoms with Crippen molar-refractivity contribution in [3.63, 3.8) is 0 Å². The zero-order valence-electron chi connectivity index (χ0n) is 10.2. The number of nitro groups is 1. The molecule has 1 aromatic heterocycles. The minimum Gasteiger partial charge on any atom is -0.378 e. The molecule has 0 aliphatic carbocycles. The highest BCUT2D eigenvalue weighted by atomic mass is 79.9. The van der Waals surface area contributed by atoms with Gasteiger partial charge in [-0.1, -0.05) is 23.2 Å². The van der Waals surface area contributed by atoms with E-state index in [1.165, 1.54) is 23.5 Å². The molecule has 0 saturated heterocycles. The van der Waals surface area contributed by atoms with Crippen LogP contribution in [0.2, 0.25) is 8.67 Å². The van der Waals surface area contributed by atoms with Crippen LogP contribution in [0.4, 0.5) is 11.4 Å². The van der Waals surface area contributed by atoms with Crippen LogP contribution in [0.1, 0.15) is 18.5 Å². The molecule has 8 heteroatoms. The maximum Gasteiger partial charge on any atom is 0.270 e. The molecule has 0 aliphatic rings. The fraction of sp³-hybridized carbons (Fsp3) is 0.167. The standard InChI is InChI=1S/C12H9BrCl2N2O2S/c1-6(8-5-11(14)20-12(8)15)16-10-3-2-7(17(18)19)4-9(10)13/h2-6,16H,1H3. The summed E-state index contributed by atoms with van der Waals surface area (Å²) < 4.78 is 1.88. The summed E-state index contributed by atoms with van der Waals surface area (Å²) in [6.45, 7) is 1.94. The maximum absolute atomic E-state index is 10.7. The summed E-state index contributed by atoms with van der Waals surface area (Å²) in [5.41, 5.74) is 1.68. The van der Waals surface area contributed by atoms with Crippen molar-refractivity contribution in [2.45, 2.75) is 13.0 Å². The second-order valence-corrected chi connectivity index (χ2v) is 7.21. The molecule has 1 aromatic carbocycles. The lowest BCUT2D eigenvalue weighted by molar-refractivity contribution is -0.384. The quantitative estimate of drug-likeness (QED) is 0.517. The Balaban J connectivity index is 2.22. The molecule has 0 bridgehead atoms. The van der Waals surface area contributed by atoms with E-state index < -0.39 is 4.92 Å². The van der Waals surface area contributed by atoms with Crippen molar-refractivity contribution in [3.05, 3.63) is 53.1 Å². The molecule has 1 atom stereocenters. The van der Waals surface area contributed by atoms with Gasteiger partial charge in [-0.05, 0) is 35.0 Å². The molecule has 1 heterocycles. The lowest BCUT2D eigenvalue weighted by atomic mass is 10.1. The molecule has 4 nitrogen and oxygen atoms in total. The highest BCUT2D eigenvalue weighted by Gasteiger charge is 2.15. The summed E-state index contributed by atoms with van der Waals surface area (Å²) in [4.78, 5) is 10.3. The van der Waals surface area contributed by atoms with Gasteiger partial charge in [-0.2, -0.15) is 0 Å². The molecule has 0 amide bonds. The number of nitrogens with zero attached hydrogens (tertiary/aromatic N) is 1. The lowest BCUT2D eigenvalue weighted by Crippen LogP contribution is -2.06. The van der Waals surface area contributed by atoms with Crippen molar-refractivity contribution in [1.82, 2.24) is 0 Å². The third-order valence-corrected chi connectivity index (χ3v) is 4.86. The molecular weight excluding hydrogens is 387 g/mol. The van der Waals surface area contributed by atoms with Gasteiger partial charge < -0.3 is 5.32 Å². The van der Waals surface area contributed by atoms with E-state index in [4.69, 9.17) is 23.2 Å². The van der Waals surface area contributed by atoms with Gasteiger partial charge in [-0.15, -0.1) is 11.3 Å². The summed E-state index contributed by atoms with van der Waals surface area (Å²) >= 11 is 16.7. The first kappa shape index (κ1) is 15.6. The monoisotopic (exact) mass is 394 g/mol. The van der Waals surface area contributed by atoms with Crippen molar-refractivity contribution in [2.75, 3.05) is 5.32 Å². The molecule has 0 fully saturated rings. The molecule has 1 unspecified atom stereocenters. The van der Waals surface area contributed by atoms with Gasteiger partial charge in [-0.3, -0.25) is 10.1 Å². The molecule has 1 N–H and O–H groups in total. The summed E-state index contributed by atoms with van der Waals surface area (Å²) in [6.07, 6.45) is 0. The van der Waals surface area contributed by atoms with Gasteiger partial charge in [0.25, 0.3) is 5.69 Å². The zero-order chi connectivity index (χ0) is 14.9. The molecule has 0 radical (unpaired) electrons. The minimum absolute atomic E-state index is 0.0340. The van der Waals surface area contributed by atoms with E-state index in [-0.39, 0.29) is 11.7 Å². The Labute approximate surface area is 138 Å². The zero-order valence-corrected chi connectivity index (χ0v) is 14.1. The van der Waals surface area contributed by atoms with Crippen LogP contribution in [-0.2, 0) is 0 Å². The number of hydrogen-bond acceptors (Lipinski definition) is 4. The predicted molar refractivity (Wildman–Crippen MR) is 87.2 cm³/mol. The predicted octanol–water partition coefficient (Wildman–Crippen LogP) is 5.90. The third kappa shape index (κ3) is 3.44. The lowest BCUT2D eigenvalue weighted by Gasteiger charge is -2.16. The smallest absolute Gasteiger partial charge is 0.270 e. The van der Waals surface area contributed by atoms with E-state index in [9.17, 15) is 10.1 Å². The van der Waals surface area contributed by atoms with E-state index in [0.717, 1.165) is 11.3 Å². The summed E-state index contributed by atoms with van der Waals surface area (Å²) in [5, 5.41) is 13.9. The molecule has 20 heavy (non-hydrogen) atoms. The highest BCUT2D eigenvalue weighted by molar-refractivity contribution is 9.10. The first-order valence-electron chi connectivity index (χ1n) is 5.53. The van der Waals surface area contributed by atoms with Gasteiger partial charge >= 0.3 is 0 Å².